The summed E-state index contributed by atoms with van der Waals surface area (Å²) < 4.78 is 14.7. The molecule has 1 aliphatic rings. The van der Waals surface area contributed by atoms with Gasteiger partial charge in [-0.25, -0.2) is 14.1 Å². The van der Waals surface area contributed by atoms with Crippen LogP contribution in [0.15, 0.2) is 54.6 Å². The first-order valence-electron chi connectivity index (χ1n) is 8.82. The summed E-state index contributed by atoms with van der Waals surface area (Å²) in [6, 6.07) is 15.7. The summed E-state index contributed by atoms with van der Waals surface area (Å²) in [7, 11) is 0. The number of benzene rings is 2. The molecule has 3 aromatic rings. The molecule has 2 N–H and O–H groups in total. The minimum Gasteiger partial charge on any atom is -0.334 e. The standard InChI is InChI=1S/C20H20FN5O.ClH/c1-13-23-19(24-26(13)16-9-7-15(21)8-10-16)20(27)25-11-17(18(22)12-25)14-5-3-2-4-6-14;/h2-10,17-18H,11-12,22H2,1H3;1H/t17-,18+;/m0./s1. The molecule has 1 aliphatic heterocycles. The highest BCUT2D eigenvalue weighted by atomic mass is 35.5. The second-order valence-electron chi connectivity index (χ2n) is 6.76. The quantitative estimate of drug-likeness (QED) is 0.732. The Morgan fingerprint density at radius 2 is 1.79 bits per heavy atom. The summed E-state index contributed by atoms with van der Waals surface area (Å²) in [6.07, 6.45) is 0. The van der Waals surface area contributed by atoms with Crippen molar-refractivity contribution in [3.05, 3.63) is 77.6 Å². The lowest BCUT2D eigenvalue weighted by molar-refractivity contribution is 0.0777. The van der Waals surface area contributed by atoms with E-state index in [1.165, 1.54) is 16.8 Å². The molecule has 1 aromatic heterocycles. The van der Waals surface area contributed by atoms with Crippen molar-refractivity contribution in [1.29, 1.82) is 0 Å². The van der Waals surface area contributed by atoms with Gasteiger partial charge >= 0.3 is 0 Å². The van der Waals surface area contributed by atoms with Gasteiger partial charge in [-0.3, -0.25) is 4.79 Å². The number of carbonyl (C=O) groups excluding carboxylic acids is 1. The fraction of sp³-hybridized carbons (Fsp3) is 0.250. The molecule has 0 bridgehead atoms. The Balaban J connectivity index is 0.00000225. The highest BCUT2D eigenvalue weighted by Crippen LogP contribution is 2.27. The summed E-state index contributed by atoms with van der Waals surface area (Å²) in [4.78, 5) is 18.9. The van der Waals surface area contributed by atoms with Crippen LogP contribution in [0.3, 0.4) is 0 Å². The van der Waals surface area contributed by atoms with Crippen LogP contribution < -0.4 is 5.73 Å². The van der Waals surface area contributed by atoms with Gasteiger partial charge in [0.25, 0.3) is 5.91 Å². The van der Waals surface area contributed by atoms with Crippen molar-refractivity contribution in [1.82, 2.24) is 19.7 Å². The Bertz CT molecular complexity index is 960. The van der Waals surface area contributed by atoms with E-state index < -0.39 is 0 Å². The molecule has 4 rings (SSSR count). The molecule has 2 heterocycles. The summed E-state index contributed by atoms with van der Waals surface area (Å²) in [5.74, 6) is 0.208. The Morgan fingerprint density at radius 3 is 2.46 bits per heavy atom. The van der Waals surface area contributed by atoms with Gasteiger partial charge in [-0.2, -0.15) is 0 Å². The number of rotatable bonds is 3. The second-order valence-corrected chi connectivity index (χ2v) is 6.76. The lowest BCUT2D eigenvalue weighted by Gasteiger charge is -2.14. The first kappa shape index (κ1) is 20.0. The SMILES string of the molecule is Cc1nc(C(=O)N2C[C@@H](N)[C@H](c3ccccc3)C2)nn1-c1ccc(F)cc1.Cl. The third-order valence-corrected chi connectivity index (χ3v) is 4.91. The molecule has 1 saturated heterocycles. The second kappa shape index (κ2) is 8.08. The maximum Gasteiger partial charge on any atom is 0.293 e. The minimum atomic E-state index is -0.328. The van der Waals surface area contributed by atoms with Crippen molar-refractivity contribution in [3.63, 3.8) is 0 Å². The zero-order valence-corrected chi connectivity index (χ0v) is 16.1. The number of carbonyl (C=O) groups is 1. The molecule has 6 nitrogen and oxygen atoms in total. The first-order valence-corrected chi connectivity index (χ1v) is 8.82. The summed E-state index contributed by atoms with van der Waals surface area (Å²) in [5.41, 5.74) is 8.06. The van der Waals surface area contributed by atoms with Gasteiger partial charge in [0.05, 0.1) is 5.69 Å². The summed E-state index contributed by atoms with van der Waals surface area (Å²) in [6.45, 7) is 2.76. The predicted molar refractivity (Wildman–Crippen MR) is 106 cm³/mol. The molecule has 0 spiro atoms. The van der Waals surface area contributed by atoms with E-state index in [4.69, 9.17) is 5.73 Å². The molecular weight excluding hydrogens is 381 g/mol. The van der Waals surface area contributed by atoms with Crippen molar-refractivity contribution in [3.8, 4) is 5.69 Å². The minimum absolute atomic E-state index is 0. The van der Waals surface area contributed by atoms with E-state index in [0.29, 0.717) is 24.6 Å². The monoisotopic (exact) mass is 401 g/mol. The number of aryl methyl sites for hydroxylation is 1. The van der Waals surface area contributed by atoms with Crippen LogP contribution in [0.1, 0.15) is 27.9 Å². The maximum absolute atomic E-state index is 13.1. The lowest BCUT2D eigenvalue weighted by atomic mass is 9.95. The number of nitrogens with two attached hydrogens (primary N) is 1. The summed E-state index contributed by atoms with van der Waals surface area (Å²) in [5, 5.41) is 4.33. The van der Waals surface area contributed by atoms with Crippen molar-refractivity contribution < 1.29 is 9.18 Å². The van der Waals surface area contributed by atoms with Gasteiger partial charge in [0, 0.05) is 25.0 Å². The Labute approximate surface area is 168 Å². The highest BCUT2D eigenvalue weighted by Gasteiger charge is 2.35. The molecular formula is C20H21ClFN5O. The molecule has 2 atom stereocenters. The average Bonchev–Trinajstić information content (AvgIpc) is 3.26. The number of halogens is 2. The molecule has 2 aromatic carbocycles. The van der Waals surface area contributed by atoms with Crippen LogP contribution in [0.5, 0.6) is 0 Å². The normalized spacial score (nSPS) is 18.8. The van der Waals surface area contributed by atoms with Gasteiger partial charge in [-0.1, -0.05) is 30.3 Å². The van der Waals surface area contributed by atoms with Crippen LogP contribution in [-0.4, -0.2) is 44.7 Å². The van der Waals surface area contributed by atoms with Gasteiger partial charge in [0.1, 0.15) is 11.6 Å². The van der Waals surface area contributed by atoms with Crippen LogP contribution in [0.2, 0.25) is 0 Å². The number of likely N-dealkylation sites (tertiary alicyclic amines) is 1. The topological polar surface area (TPSA) is 77.0 Å². The van der Waals surface area contributed by atoms with Crippen molar-refractivity contribution >= 4 is 18.3 Å². The smallest absolute Gasteiger partial charge is 0.293 e. The number of hydrogen-bond donors (Lipinski definition) is 1. The number of hydrogen-bond acceptors (Lipinski definition) is 4. The van der Waals surface area contributed by atoms with E-state index in [9.17, 15) is 9.18 Å². The van der Waals surface area contributed by atoms with Gasteiger partial charge in [0.15, 0.2) is 0 Å². The van der Waals surface area contributed by atoms with Crippen molar-refractivity contribution in [2.75, 3.05) is 13.1 Å². The van der Waals surface area contributed by atoms with Gasteiger partial charge in [-0.05, 0) is 36.8 Å². The maximum atomic E-state index is 13.1. The zero-order chi connectivity index (χ0) is 19.0. The molecule has 28 heavy (non-hydrogen) atoms. The van der Waals surface area contributed by atoms with E-state index in [-0.39, 0.29) is 41.9 Å². The fourth-order valence-electron chi connectivity index (χ4n) is 3.50. The number of nitrogens with zero attached hydrogens (tertiary/aromatic N) is 4. The molecule has 8 heteroatoms. The van der Waals surface area contributed by atoms with Crippen LogP contribution in [-0.2, 0) is 0 Å². The molecule has 146 valence electrons. The van der Waals surface area contributed by atoms with Gasteiger partial charge in [0.2, 0.25) is 5.82 Å². The highest BCUT2D eigenvalue weighted by molar-refractivity contribution is 5.90. The zero-order valence-electron chi connectivity index (χ0n) is 15.3. The fourth-order valence-corrected chi connectivity index (χ4v) is 3.50. The van der Waals surface area contributed by atoms with E-state index in [0.717, 1.165) is 5.56 Å². The molecule has 0 aliphatic carbocycles. The average molecular weight is 402 g/mol. The molecule has 1 fully saturated rings. The van der Waals surface area contributed by atoms with E-state index >= 15 is 0 Å². The van der Waals surface area contributed by atoms with E-state index in [2.05, 4.69) is 10.1 Å². The van der Waals surface area contributed by atoms with Crippen LogP contribution in [0.4, 0.5) is 4.39 Å². The van der Waals surface area contributed by atoms with E-state index in [1.54, 1.807) is 24.0 Å². The predicted octanol–water partition coefficient (Wildman–Crippen LogP) is 2.70. The third-order valence-electron chi connectivity index (χ3n) is 4.91. The molecule has 0 radical (unpaired) electrons. The van der Waals surface area contributed by atoms with E-state index in [1.807, 2.05) is 30.3 Å². The van der Waals surface area contributed by atoms with Gasteiger partial charge in [-0.15, -0.1) is 17.5 Å². The van der Waals surface area contributed by atoms with Crippen LogP contribution in [0.25, 0.3) is 5.69 Å². The van der Waals surface area contributed by atoms with Crippen LogP contribution >= 0.6 is 12.4 Å². The van der Waals surface area contributed by atoms with Gasteiger partial charge < -0.3 is 10.6 Å². The Hall–Kier alpha value is -2.77. The molecule has 0 saturated carbocycles. The lowest BCUT2D eigenvalue weighted by Crippen LogP contribution is -2.32. The number of aromatic nitrogens is 3. The number of amides is 1. The first-order chi connectivity index (χ1) is 13.0. The van der Waals surface area contributed by atoms with Crippen molar-refractivity contribution in [2.24, 2.45) is 5.73 Å². The Morgan fingerprint density at radius 1 is 1.11 bits per heavy atom. The Kier molecular flexibility index (Phi) is 5.76. The largest absolute Gasteiger partial charge is 0.334 e. The van der Waals surface area contributed by atoms with Crippen LogP contribution in [0, 0.1) is 12.7 Å². The summed E-state index contributed by atoms with van der Waals surface area (Å²) >= 11 is 0. The molecule has 0 unspecified atom stereocenters. The molecule has 1 amide bonds. The third kappa shape index (κ3) is 3.76. The van der Waals surface area contributed by atoms with Crippen molar-refractivity contribution in [2.45, 2.75) is 18.9 Å².